The zero-order valence-electron chi connectivity index (χ0n) is 23.2. The first-order chi connectivity index (χ1) is 17.5. The van der Waals surface area contributed by atoms with Crippen LogP contribution in [-0.4, -0.2) is 34.5 Å². The second-order valence-corrected chi connectivity index (χ2v) is 9.91. The highest BCUT2D eigenvalue weighted by molar-refractivity contribution is 5.96. The van der Waals surface area contributed by atoms with Crippen molar-refractivity contribution in [3.8, 4) is 23.0 Å². The summed E-state index contributed by atoms with van der Waals surface area (Å²) in [5.41, 5.74) is 0.144. The molecular weight excluding hydrogens is 456 g/mol. The number of carboxylic acids is 1. The third-order valence-corrected chi connectivity index (χ3v) is 6.69. The summed E-state index contributed by atoms with van der Waals surface area (Å²) in [6.45, 7) is 7.30. The minimum Gasteiger partial charge on any atom is -0.504 e. The predicted octanol–water partition coefficient (Wildman–Crippen LogP) is 8.79. The van der Waals surface area contributed by atoms with E-state index in [1.54, 1.807) is 0 Å². The number of aromatic carboxylic acids is 1. The Kier molecular flexibility index (Phi) is 17.7. The van der Waals surface area contributed by atoms with Gasteiger partial charge < -0.3 is 24.8 Å². The van der Waals surface area contributed by atoms with E-state index in [0.717, 1.165) is 57.8 Å². The molecule has 0 heterocycles. The van der Waals surface area contributed by atoms with Crippen LogP contribution in [0.2, 0.25) is 0 Å². The standard InChI is InChI=1S/C30H52O6/c1-4-7-10-12-14-16-19-22-35-28-24(21-18-9-6-3)25(30(33)34)26(31)27(32)29(28)36-23-20-17-15-13-11-8-5-2/h31-32H,4-23H2,1-3H3,(H,33,34). The van der Waals surface area contributed by atoms with Crippen molar-refractivity contribution in [2.45, 2.75) is 136 Å². The first-order valence-corrected chi connectivity index (χ1v) is 14.6. The van der Waals surface area contributed by atoms with E-state index in [0.29, 0.717) is 25.2 Å². The highest BCUT2D eigenvalue weighted by Crippen LogP contribution is 2.49. The van der Waals surface area contributed by atoms with Crippen LogP contribution in [0.5, 0.6) is 23.0 Å². The number of aromatic hydroxyl groups is 2. The van der Waals surface area contributed by atoms with Gasteiger partial charge in [0.25, 0.3) is 0 Å². The largest absolute Gasteiger partial charge is 0.504 e. The lowest BCUT2D eigenvalue weighted by Crippen LogP contribution is -2.11. The summed E-state index contributed by atoms with van der Waals surface area (Å²) < 4.78 is 12.1. The number of phenolic OH excluding ortho intramolecular Hbond substituents is 1. The summed E-state index contributed by atoms with van der Waals surface area (Å²) >= 11 is 0. The van der Waals surface area contributed by atoms with E-state index >= 15 is 0 Å². The van der Waals surface area contributed by atoms with Gasteiger partial charge >= 0.3 is 5.97 Å². The van der Waals surface area contributed by atoms with E-state index in [1.807, 2.05) is 0 Å². The van der Waals surface area contributed by atoms with E-state index in [2.05, 4.69) is 20.8 Å². The molecule has 1 rings (SSSR count). The topological polar surface area (TPSA) is 96.2 Å². The molecule has 1 aromatic carbocycles. The zero-order valence-corrected chi connectivity index (χ0v) is 23.2. The van der Waals surface area contributed by atoms with Crippen molar-refractivity contribution in [2.24, 2.45) is 0 Å². The Balaban J connectivity index is 2.96. The van der Waals surface area contributed by atoms with Gasteiger partial charge in [-0.15, -0.1) is 0 Å². The number of hydrogen-bond donors (Lipinski definition) is 3. The van der Waals surface area contributed by atoms with Gasteiger partial charge in [-0.05, 0) is 25.7 Å². The molecule has 0 atom stereocenters. The molecule has 3 N–H and O–H groups in total. The zero-order chi connectivity index (χ0) is 26.6. The molecule has 208 valence electrons. The quantitative estimate of drug-likeness (QED) is 0.101. The van der Waals surface area contributed by atoms with E-state index in [-0.39, 0.29) is 17.1 Å². The minimum absolute atomic E-state index is 0.0814. The summed E-state index contributed by atoms with van der Waals surface area (Å²) in [7, 11) is 0. The third kappa shape index (κ3) is 11.7. The van der Waals surface area contributed by atoms with E-state index < -0.39 is 17.5 Å². The second-order valence-electron chi connectivity index (χ2n) is 9.91. The summed E-state index contributed by atoms with van der Waals surface area (Å²) in [6.07, 6.45) is 19.1. The SMILES string of the molecule is CCCCCCCCCOc1c(O)c(O)c(C(=O)O)c(CCCCC)c1OCCCCCCCCC. The van der Waals surface area contributed by atoms with Gasteiger partial charge in [-0.2, -0.15) is 0 Å². The van der Waals surface area contributed by atoms with Crippen LogP contribution in [0.15, 0.2) is 0 Å². The van der Waals surface area contributed by atoms with Gasteiger partial charge in [-0.25, -0.2) is 4.79 Å². The number of carbonyl (C=O) groups is 1. The molecule has 0 radical (unpaired) electrons. The number of benzene rings is 1. The summed E-state index contributed by atoms with van der Waals surface area (Å²) in [5, 5.41) is 31.1. The molecule has 0 saturated heterocycles. The lowest BCUT2D eigenvalue weighted by atomic mass is 9.97. The van der Waals surface area contributed by atoms with Gasteiger partial charge in [-0.1, -0.05) is 111 Å². The fraction of sp³-hybridized carbons (Fsp3) is 0.767. The Morgan fingerprint density at radius 3 is 1.47 bits per heavy atom. The minimum atomic E-state index is -1.27. The van der Waals surface area contributed by atoms with Crippen molar-refractivity contribution < 1.29 is 29.6 Å². The number of ether oxygens (including phenoxy) is 2. The first kappa shape index (κ1) is 31.9. The second kappa shape index (κ2) is 20.0. The van der Waals surface area contributed by atoms with Gasteiger partial charge in [-0.3, -0.25) is 0 Å². The van der Waals surface area contributed by atoms with Crippen LogP contribution < -0.4 is 9.47 Å². The van der Waals surface area contributed by atoms with Crippen LogP contribution in [0, 0.1) is 0 Å². The van der Waals surface area contributed by atoms with Crippen LogP contribution in [-0.2, 0) is 6.42 Å². The van der Waals surface area contributed by atoms with Crippen LogP contribution in [0.25, 0.3) is 0 Å². The molecule has 0 spiro atoms. The number of unbranched alkanes of at least 4 members (excludes halogenated alkanes) is 14. The summed E-state index contributed by atoms with van der Waals surface area (Å²) in [4.78, 5) is 12.0. The van der Waals surface area contributed by atoms with E-state index in [1.165, 1.54) is 51.4 Å². The maximum atomic E-state index is 12.0. The molecule has 0 fully saturated rings. The van der Waals surface area contributed by atoms with Gasteiger partial charge in [0.15, 0.2) is 11.5 Å². The van der Waals surface area contributed by atoms with Crippen LogP contribution >= 0.6 is 0 Å². The monoisotopic (exact) mass is 508 g/mol. The molecular formula is C30H52O6. The molecule has 36 heavy (non-hydrogen) atoms. The first-order valence-electron chi connectivity index (χ1n) is 14.6. The lowest BCUT2D eigenvalue weighted by molar-refractivity contribution is 0.0690. The molecule has 6 nitrogen and oxygen atoms in total. The molecule has 0 bridgehead atoms. The molecule has 0 saturated carbocycles. The smallest absolute Gasteiger partial charge is 0.340 e. The Labute approximate surface area is 219 Å². The highest BCUT2D eigenvalue weighted by atomic mass is 16.5. The number of carboxylic acid groups (broad SMARTS) is 1. The number of phenols is 2. The Morgan fingerprint density at radius 2 is 1.00 bits per heavy atom. The average Bonchev–Trinajstić information content (AvgIpc) is 2.86. The third-order valence-electron chi connectivity index (χ3n) is 6.69. The fourth-order valence-electron chi connectivity index (χ4n) is 4.50. The van der Waals surface area contributed by atoms with Crippen molar-refractivity contribution in [3.05, 3.63) is 11.1 Å². The van der Waals surface area contributed by atoms with Gasteiger partial charge in [0.2, 0.25) is 11.5 Å². The van der Waals surface area contributed by atoms with Crippen LogP contribution in [0.1, 0.15) is 146 Å². The van der Waals surface area contributed by atoms with Gasteiger partial charge in [0.1, 0.15) is 5.56 Å². The summed E-state index contributed by atoms with van der Waals surface area (Å²) in [6, 6.07) is 0. The molecule has 0 aliphatic heterocycles. The van der Waals surface area contributed by atoms with Crippen molar-refractivity contribution in [2.75, 3.05) is 13.2 Å². The Bertz CT molecular complexity index is 731. The van der Waals surface area contributed by atoms with Crippen molar-refractivity contribution in [1.29, 1.82) is 0 Å². The van der Waals surface area contributed by atoms with Crippen molar-refractivity contribution >= 4 is 5.97 Å². The van der Waals surface area contributed by atoms with Crippen molar-refractivity contribution in [3.63, 3.8) is 0 Å². The molecule has 0 aromatic heterocycles. The van der Waals surface area contributed by atoms with E-state index in [4.69, 9.17) is 9.47 Å². The molecule has 1 aromatic rings. The van der Waals surface area contributed by atoms with Crippen LogP contribution in [0.4, 0.5) is 0 Å². The molecule has 0 aliphatic carbocycles. The van der Waals surface area contributed by atoms with Crippen molar-refractivity contribution in [1.82, 2.24) is 0 Å². The normalized spacial score (nSPS) is 11.1. The van der Waals surface area contributed by atoms with Gasteiger partial charge in [0, 0.05) is 5.56 Å². The number of rotatable bonds is 23. The highest BCUT2D eigenvalue weighted by Gasteiger charge is 2.29. The summed E-state index contributed by atoms with van der Waals surface area (Å²) in [5.74, 6) is -2.07. The maximum absolute atomic E-state index is 12.0. The van der Waals surface area contributed by atoms with Crippen LogP contribution in [0.3, 0.4) is 0 Å². The molecule has 6 heteroatoms. The molecule has 0 aliphatic rings. The predicted molar refractivity (Wildman–Crippen MR) is 147 cm³/mol. The number of hydrogen-bond acceptors (Lipinski definition) is 5. The Morgan fingerprint density at radius 1 is 0.583 bits per heavy atom. The van der Waals surface area contributed by atoms with E-state index in [9.17, 15) is 20.1 Å². The molecule has 0 amide bonds. The molecule has 0 unspecified atom stereocenters. The lowest BCUT2D eigenvalue weighted by Gasteiger charge is -2.21. The Hall–Kier alpha value is -2.11. The maximum Gasteiger partial charge on any atom is 0.340 e. The fourth-order valence-corrected chi connectivity index (χ4v) is 4.50. The van der Waals surface area contributed by atoms with Gasteiger partial charge in [0.05, 0.1) is 13.2 Å². The average molecular weight is 509 g/mol.